The van der Waals surface area contributed by atoms with Crippen molar-refractivity contribution in [2.45, 2.75) is 31.8 Å². The predicted molar refractivity (Wildman–Crippen MR) is 104 cm³/mol. The Morgan fingerprint density at radius 3 is 3.11 bits per heavy atom. The zero-order valence-corrected chi connectivity index (χ0v) is 15.1. The van der Waals surface area contributed by atoms with E-state index in [0.29, 0.717) is 12.5 Å². The molecule has 4 heterocycles. The molecule has 5 rings (SSSR count). The van der Waals surface area contributed by atoms with Crippen LogP contribution in [0.1, 0.15) is 25.7 Å². The fourth-order valence-corrected chi connectivity index (χ4v) is 3.90. The van der Waals surface area contributed by atoms with Crippen molar-refractivity contribution < 1.29 is 9.53 Å². The Kier molecular flexibility index (Phi) is 4.07. The van der Waals surface area contributed by atoms with Crippen LogP contribution in [0, 0.1) is 5.92 Å². The number of hydrogen-bond donors (Lipinski definition) is 2. The van der Waals surface area contributed by atoms with Gasteiger partial charge in [0.15, 0.2) is 0 Å². The molecule has 1 amide bonds. The van der Waals surface area contributed by atoms with Gasteiger partial charge in [-0.3, -0.25) is 4.98 Å². The average molecular weight is 365 g/mol. The largest absolute Gasteiger partial charge is 0.444 e. The second-order valence-corrected chi connectivity index (χ2v) is 7.56. The van der Waals surface area contributed by atoms with Crippen LogP contribution in [0.3, 0.4) is 0 Å². The van der Waals surface area contributed by atoms with Crippen molar-refractivity contribution in [1.82, 2.24) is 20.3 Å². The number of carbonyl (C=O) groups is 1. The highest BCUT2D eigenvalue weighted by Crippen LogP contribution is 2.33. The van der Waals surface area contributed by atoms with Crippen LogP contribution in [0.15, 0.2) is 30.9 Å². The minimum atomic E-state index is -0.290. The Morgan fingerprint density at radius 1 is 1.30 bits per heavy atom. The molecule has 0 bridgehead atoms. The molecule has 1 aliphatic carbocycles. The number of piperidine rings is 1. The molecular weight excluding hydrogens is 342 g/mol. The number of alkyl carbamates (subject to hydrolysis) is 1. The molecular formula is C20H23N5O2. The first kappa shape index (κ1) is 16.4. The molecule has 7 nitrogen and oxygen atoms in total. The van der Waals surface area contributed by atoms with E-state index in [1.165, 1.54) is 12.8 Å². The summed E-state index contributed by atoms with van der Waals surface area (Å²) < 4.78 is 5.68. The molecule has 2 fully saturated rings. The topological polar surface area (TPSA) is 83.1 Å². The summed E-state index contributed by atoms with van der Waals surface area (Å²) in [5.74, 6) is 0.652. The number of ether oxygens (including phenoxy) is 1. The molecule has 0 aromatic carbocycles. The molecule has 27 heavy (non-hydrogen) atoms. The maximum Gasteiger partial charge on any atom is 0.407 e. The van der Waals surface area contributed by atoms with Gasteiger partial charge in [-0.25, -0.2) is 9.78 Å². The number of amides is 1. The minimum absolute atomic E-state index is 0.100. The Balaban J connectivity index is 1.37. The maximum atomic E-state index is 12.1. The number of rotatable bonds is 4. The van der Waals surface area contributed by atoms with Crippen molar-refractivity contribution in [3.63, 3.8) is 0 Å². The number of fused-ring (bicyclic) bond motifs is 3. The van der Waals surface area contributed by atoms with E-state index in [1.54, 1.807) is 0 Å². The second-order valence-electron chi connectivity index (χ2n) is 7.56. The third-order valence-electron chi connectivity index (χ3n) is 5.51. The van der Waals surface area contributed by atoms with Crippen LogP contribution in [-0.2, 0) is 4.74 Å². The lowest BCUT2D eigenvalue weighted by molar-refractivity contribution is 0.0882. The first-order valence-corrected chi connectivity index (χ1v) is 9.67. The molecule has 3 aromatic rings. The van der Waals surface area contributed by atoms with Crippen molar-refractivity contribution in [3.8, 4) is 0 Å². The Labute approximate surface area is 157 Å². The lowest BCUT2D eigenvalue weighted by Gasteiger charge is -2.34. The molecule has 1 atom stereocenters. The quantitative estimate of drug-likeness (QED) is 0.742. The predicted octanol–water partition coefficient (Wildman–Crippen LogP) is 3.22. The van der Waals surface area contributed by atoms with Crippen LogP contribution in [0.5, 0.6) is 0 Å². The summed E-state index contributed by atoms with van der Waals surface area (Å²) in [7, 11) is 0. The highest BCUT2D eigenvalue weighted by atomic mass is 16.6. The van der Waals surface area contributed by atoms with E-state index in [0.717, 1.165) is 53.4 Å². The lowest BCUT2D eigenvalue weighted by atomic mass is 10.0. The number of hydrogen-bond acceptors (Lipinski definition) is 5. The Morgan fingerprint density at radius 2 is 2.22 bits per heavy atom. The molecule has 7 heteroatoms. The minimum Gasteiger partial charge on any atom is -0.444 e. The van der Waals surface area contributed by atoms with E-state index in [4.69, 9.17) is 4.74 Å². The smallest absolute Gasteiger partial charge is 0.407 e. The van der Waals surface area contributed by atoms with Gasteiger partial charge in [0.2, 0.25) is 0 Å². The first-order valence-electron chi connectivity index (χ1n) is 9.67. The van der Waals surface area contributed by atoms with Crippen LogP contribution in [0.4, 0.5) is 10.5 Å². The van der Waals surface area contributed by atoms with Gasteiger partial charge in [0.25, 0.3) is 0 Å². The standard InChI is InChI=1S/C20H23N5O2/c26-20(24-8-13-3-4-13)27-15-2-1-7-25(12-15)17-11-21-9-14-10-23-19-16(18(14)17)5-6-22-19/h5-6,9-11,13,15H,1-4,7-8,12H2,(H,22,23)(H,24,26). The number of nitrogens with one attached hydrogen (secondary N) is 2. The van der Waals surface area contributed by atoms with Crippen molar-refractivity contribution in [2.75, 3.05) is 24.5 Å². The van der Waals surface area contributed by atoms with Gasteiger partial charge in [0.05, 0.1) is 18.4 Å². The van der Waals surface area contributed by atoms with E-state index in [-0.39, 0.29) is 12.2 Å². The number of anilines is 1. The van der Waals surface area contributed by atoms with E-state index in [1.807, 2.05) is 24.8 Å². The van der Waals surface area contributed by atoms with Crippen LogP contribution < -0.4 is 10.2 Å². The van der Waals surface area contributed by atoms with Gasteiger partial charge in [-0.1, -0.05) is 0 Å². The molecule has 0 spiro atoms. The van der Waals surface area contributed by atoms with Gasteiger partial charge < -0.3 is 19.9 Å². The van der Waals surface area contributed by atoms with Crippen molar-refractivity contribution in [3.05, 3.63) is 30.9 Å². The fourth-order valence-electron chi connectivity index (χ4n) is 3.90. The summed E-state index contributed by atoms with van der Waals surface area (Å²) in [4.78, 5) is 26.4. The maximum absolute atomic E-state index is 12.1. The third-order valence-corrected chi connectivity index (χ3v) is 5.51. The summed E-state index contributed by atoms with van der Waals surface area (Å²) in [6, 6.07) is 2.05. The van der Waals surface area contributed by atoms with Crippen LogP contribution in [0.2, 0.25) is 0 Å². The van der Waals surface area contributed by atoms with E-state index >= 15 is 0 Å². The Hall–Kier alpha value is -2.83. The number of carbonyl (C=O) groups excluding carboxylic acids is 1. The summed E-state index contributed by atoms with van der Waals surface area (Å²) in [5.41, 5.74) is 1.95. The number of pyridine rings is 2. The van der Waals surface area contributed by atoms with Gasteiger partial charge in [-0.15, -0.1) is 0 Å². The highest BCUT2D eigenvalue weighted by Gasteiger charge is 2.26. The molecule has 3 aromatic heterocycles. The zero-order chi connectivity index (χ0) is 18.2. The SMILES string of the molecule is O=C(NCC1CC1)OC1CCCN(c2cncc3cnc4[nH]ccc4c23)C1. The van der Waals surface area contributed by atoms with Crippen LogP contribution in [-0.4, -0.2) is 46.8 Å². The molecule has 1 aliphatic heterocycles. The third kappa shape index (κ3) is 3.29. The van der Waals surface area contributed by atoms with Crippen molar-refractivity contribution in [1.29, 1.82) is 0 Å². The molecule has 0 radical (unpaired) electrons. The molecule has 2 N–H and O–H groups in total. The Bertz CT molecular complexity index is 981. The highest BCUT2D eigenvalue weighted by molar-refractivity contribution is 6.10. The normalized spacial score (nSPS) is 20.1. The van der Waals surface area contributed by atoms with Crippen LogP contribution in [0.25, 0.3) is 21.8 Å². The first-order chi connectivity index (χ1) is 13.3. The van der Waals surface area contributed by atoms with E-state index < -0.39 is 0 Å². The summed E-state index contributed by atoms with van der Waals surface area (Å²) in [6.45, 7) is 2.35. The number of aromatic amines is 1. The monoisotopic (exact) mass is 365 g/mol. The van der Waals surface area contributed by atoms with Gasteiger partial charge in [-0.2, -0.15) is 0 Å². The van der Waals surface area contributed by atoms with Gasteiger partial charge in [-0.05, 0) is 37.7 Å². The van der Waals surface area contributed by atoms with Crippen molar-refractivity contribution in [2.24, 2.45) is 5.92 Å². The second kappa shape index (κ2) is 6.72. The molecule has 140 valence electrons. The summed E-state index contributed by atoms with van der Waals surface area (Å²) in [6.07, 6.45) is 11.4. The molecule has 1 unspecified atom stereocenters. The average Bonchev–Trinajstić information content (AvgIpc) is 3.40. The molecule has 2 aliphatic rings. The lowest BCUT2D eigenvalue weighted by Crippen LogP contribution is -2.42. The van der Waals surface area contributed by atoms with Gasteiger partial charge in [0.1, 0.15) is 11.8 Å². The van der Waals surface area contributed by atoms with Gasteiger partial charge >= 0.3 is 6.09 Å². The number of nitrogens with zero attached hydrogens (tertiary/aromatic N) is 3. The molecule has 1 saturated heterocycles. The summed E-state index contributed by atoms with van der Waals surface area (Å²) in [5, 5.41) is 6.15. The van der Waals surface area contributed by atoms with Gasteiger partial charge in [0, 0.05) is 47.8 Å². The zero-order valence-electron chi connectivity index (χ0n) is 15.1. The van der Waals surface area contributed by atoms with E-state index in [2.05, 4.69) is 31.2 Å². The number of H-pyrrole nitrogens is 1. The molecule has 1 saturated carbocycles. The fraction of sp³-hybridized carbons (Fsp3) is 0.450. The summed E-state index contributed by atoms with van der Waals surface area (Å²) >= 11 is 0. The number of aromatic nitrogens is 3. The van der Waals surface area contributed by atoms with E-state index in [9.17, 15) is 4.79 Å². The van der Waals surface area contributed by atoms with Crippen LogP contribution >= 0.6 is 0 Å². The van der Waals surface area contributed by atoms with Crippen molar-refractivity contribution >= 4 is 33.6 Å².